The first-order valence-electron chi connectivity index (χ1n) is 5.83. The van der Waals surface area contributed by atoms with E-state index in [2.05, 4.69) is 4.98 Å². The van der Waals surface area contributed by atoms with Gasteiger partial charge in [0.25, 0.3) is 0 Å². The van der Waals surface area contributed by atoms with Crippen molar-refractivity contribution in [2.45, 2.75) is 19.9 Å². The van der Waals surface area contributed by atoms with E-state index in [0.717, 1.165) is 5.56 Å². The molecule has 0 radical (unpaired) electrons. The molecule has 4 nitrogen and oxygen atoms in total. The van der Waals surface area contributed by atoms with E-state index in [1.54, 1.807) is 22.9 Å². The van der Waals surface area contributed by atoms with E-state index < -0.39 is 0 Å². The third-order valence-corrected chi connectivity index (χ3v) is 2.61. The number of carbonyl (C=O) groups excluding carboxylic acids is 2. The quantitative estimate of drug-likeness (QED) is 0.612. The maximum Gasteiger partial charge on any atom is 0.190 e. The van der Waals surface area contributed by atoms with Gasteiger partial charge in [-0.15, -0.1) is 0 Å². The predicted octanol–water partition coefficient (Wildman–Crippen LogP) is 2.23. The maximum absolute atomic E-state index is 12.8. The molecule has 0 saturated carbocycles. The molecule has 0 atom stereocenters. The van der Waals surface area contributed by atoms with Crippen LogP contribution in [0, 0.1) is 5.82 Å². The SMILES string of the molecule is CC(=O)CC(=O)c1cn(Cc2ccc(F)cc2)cn1. The van der Waals surface area contributed by atoms with Gasteiger partial charge in [-0.1, -0.05) is 12.1 Å². The number of hydrogen-bond donors (Lipinski definition) is 0. The Labute approximate surface area is 109 Å². The summed E-state index contributed by atoms with van der Waals surface area (Å²) in [7, 11) is 0. The van der Waals surface area contributed by atoms with Crippen molar-refractivity contribution in [1.29, 1.82) is 0 Å². The first-order chi connectivity index (χ1) is 9.04. The Balaban J connectivity index is 2.07. The highest BCUT2D eigenvalue weighted by atomic mass is 19.1. The number of Topliss-reactive ketones (excluding diaryl/α,β-unsaturated/α-hetero) is 2. The average Bonchev–Trinajstić information content (AvgIpc) is 2.80. The van der Waals surface area contributed by atoms with Crippen LogP contribution >= 0.6 is 0 Å². The summed E-state index contributed by atoms with van der Waals surface area (Å²) in [5, 5.41) is 0. The molecule has 19 heavy (non-hydrogen) atoms. The van der Waals surface area contributed by atoms with Gasteiger partial charge in [0.05, 0.1) is 12.7 Å². The van der Waals surface area contributed by atoms with E-state index in [-0.39, 0.29) is 29.5 Å². The molecule has 0 saturated heterocycles. The van der Waals surface area contributed by atoms with Crippen LogP contribution in [0.3, 0.4) is 0 Å². The van der Waals surface area contributed by atoms with Gasteiger partial charge < -0.3 is 4.57 Å². The van der Waals surface area contributed by atoms with E-state index >= 15 is 0 Å². The third-order valence-electron chi connectivity index (χ3n) is 2.61. The molecule has 0 aliphatic carbocycles. The first kappa shape index (κ1) is 13.1. The number of ketones is 2. The minimum Gasteiger partial charge on any atom is -0.332 e. The lowest BCUT2D eigenvalue weighted by Gasteiger charge is -2.01. The molecular formula is C14H13FN2O2. The van der Waals surface area contributed by atoms with Gasteiger partial charge in [-0.2, -0.15) is 0 Å². The number of aromatic nitrogens is 2. The van der Waals surface area contributed by atoms with Gasteiger partial charge in [-0.25, -0.2) is 9.37 Å². The highest BCUT2D eigenvalue weighted by Gasteiger charge is 2.11. The monoisotopic (exact) mass is 260 g/mol. The minimum absolute atomic E-state index is 0.131. The number of carbonyl (C=O) groups is 2. The first-order valence-corrected chi connectivity index (χ1v) is 5.83. The second-order valence-electron chi connectivity index (χ2n) is 4.36. The van der Waals surface area contributed by atoms with Crippen LogP contribution in [-0.4, -0.2) is 21.1 Å². The van der Waals surface area contributed by atoms with E-state index in [4.69, 9.17) is 0 Å². The van der Waals surface area contributed by atoms with E-state index in [9.17, 15) is 14.0 Å². The van der Waals surface area contributed by atoms with Crippen molar-refractivity contribution < 1.29 is 14.0 Å². The lowest BCUT2D eigenvalue weighted by molar-refractivity contribution is -0.116. The summed E-state index contributed by atoms with van der Waals surface area (Å²) in [6.07, 6.45) is 2.99. The summed E-state index contributed by atoms with van der Waals surface area (Å²) in [4.78, 5) is 26.5. The van der Waals surface area contributed by atoms with Gasteiger partial charge in [-0.3, -0.25) is 9.59 Å². The molecule has 0 amide bonds. The highest BCUT2D eigenvalue weighted by Crippen LogP contribution is 2.07. The Hall–Kier alpha value is -2.30. The fourth-order valence-corrected chi connectivity index (χ4v) is 1.71. The molecule has 1 aromatic heterocycles. The lowest BCUT2D eigenvalue weighted by Crippen LogP contribution is -2.05. The fraction of sp³-hybridized carbons (Fsp3) is 0.214. The number of halogens is 1. The van der Waals surface area contributed by atoms with Crippen molar-refractivity contribution in [3.63, 3.8) is 0 Å². The van der Waals surface area contributed by atoms with Gasteiger partial charge in [0.1, 0.15) is 17.3 Å². The van der Waals surface area contributed by atoms with Crippen molar-refractivity contribution in [3.05, 3.63) is 53.9 Å². The van der Waals surface area contributed by atoms with Gasteiger partial charge >= 0.3 is 0 Å². The van der Waals surface area contributed by atoms with Crippen molar-refractivity contribution in [3.8, 4) is 0 Å². The summed E-state index contributed by atoms with van der Waals surface area (Å²) in [6, 6.07) is 6.11. The van der Waals surface area contributed by atoms with Crippen LogP contribution in [0.1, 0.15) is 29.4 Å². The average molecular weight is 260 g/mol. The van der Waals surface area contributed by atoms with Crippen LogP contribution in [0.15, 0.2) is 36.8 Å². The minimum atomic E-state index is -0.287. The van der Waals surface area contributed by atoms with Crippen LogP contribution in [0.4, 0.5) is 4.39 Å². The maximum atomic E-state index is 12.8. The van der Waals surface area contributed by atoms with Crippen LogP contribution in [0.2, 0.25) is 0 Å². The Kier molecular flexibility index (Phi) is 3.85. The molecule has 0 N–H and O–H groups in total. The van der Waals surface area contributed by atoms with Gasteiger partial charge in [0.2, 0.25) is 0 Å². The van der Waals surface area contributed by atoms with Crippen molar-refractivity contribution in [1.82, 2.24) is 9.55 Å². The van der Waals surface area contributed by atoms with Gasteiger partial charge in [-0.05, 0) is 24.6 Å². The highest BCUT2D eigenvalue weighted by molar-refractivity contribution is 6.06. The van der Waals surface area contributed by atoms with Crippen molar-refractivity contribution >= 4 is 11.6 Å². The van der Waals surface area contributed by atoms with Crippen molar-refractivity contribution in [2.75, 3.05) is 0 Å². The van der Waals surface area contributed by atoms with Crippen LogP contribution < -0.4 is 0 Å². The molecule has 0 aliphatic heterocycles. The van der Waals surface area contributed by atoms with Crippen LogP contribution in [-0.2, 0) is 11.3 Å². The summed E-state index contributed by atoms with van der Waals surface area (Å²) < 4.78 is 14.5. The molecule has 2 rings (SSSR count). The molecule has 1 heterocycles. The van der Waals surface area contributed by atoms with E-state index in [1.165, 1.54) is 25.4 Å². The normalized spacial score (nSPS) is 10.4. The second-order valence-corrected chi connectivity index (χ2v) is 4.36. The molecule has 98 valence electrons. The molecule has 5 heteroatoms. The predicted molar refractivity (Wildman–Crippen MR) is 67.4 cm³/mol. The molecular weight excluding hydrogens is 247 g/mol. The molecule has 0 fully saturated rings. The van der Waals surface area contributed by atoms with Crippen LogP contribution in [0.25, 0.3) is 0 Å². The Morgan fingerprint density at radius 1 is 1.26 bits per heavy atom. The number of imidazole rings is 1. The Morgan fingerprint density at radius 2 is 1.95 bits per heavy atom. The zero-order valence-electron chi connectivity index (χ0n) is 10.5. The van der Waals surface area contributed by atoms with Crippen LogP contribution in [0.5, 0.6) is 0 Å². The second kappa shape index (κ2) is 5.56. The number of nitrogens with zero attached hydrogens (tertiary/aromatic N) is 2. The summed E-state index contributed by atoms with van der Waals surface area (Å²) in [5.74, 6) is -0.754. The fourth-order valence-electron chi connectivity index (χ4n) is 1.71. The number of benzene rings is 1. The molecule has 0 bridgehead atoms. The smallest absolute Gasteiger partial charge is 0.190 e. The zero-order chi connectivity index (χ0) is 13.8. The zero-order valence-corrected chi connectivity index (χ0v) is 10.5. The molecule has 0 aliphatic rings. The van der Waals surface area contributed by atoms with E-state index in [1.807, 2.05) is 0 Å². The Bertz CT molecular complexity index is 602. The largest absolute Gasteiger partial charge is 0.332 e. The molecule has 0 spiro atoms. The van der Waals surface area contributed by atoms with Gasteiger partial charge in [0.15, 0.2) is 5.78 Å². The van der Waals surface area contributed by atoms with Crippen molar-refractivity contribution in [2.24, 2.45) is 0 Å². The Morgan fingerprint density at radius 3 is 2.58 bits per heavy atom. The molecule has 2 aromatic rings. The summed E-state index contributed by atoms with van der Waals surface area (Å²) in [6.45, 7) is 1.87. The molecule has 1 aromatic carbocycles. The topological polar surface area (TPSA) is 52.0 Å². The summed E-state index contributed by atoms with van der Waals surface area (Å²) >= 11 is 0. The summed E-state index contributed by atoms with van der Waals surface area (Å²) in [5.41, 5.74) is 1.18. The van der Waals surface area contributed by atoms with Gasteiger partial charge in [0, 0.05) is 12.7 Å². The lowest BCUT2D eigenvalue weighted by atomic mass is 10.2. The number of hydrogen-bond acceptors (Lipinski definition) is 3. The number of rotatable bonds is 5. The molecule has 0 unspecified atom stereocenters. The standard InChI is InChI=1S/C14H13FN2O2/c1-10(18)6-14(19)13-8-17(9-16-13)7-11-2-4-12(15)5-3-11/h2-5,8-9H,6-7H2,1H3. The third kappa shape index (κ3) is 3.58. The van der Waals surface area contributed by atoms with E-state index in [0.29, 0.717) is 6.54 Å².